The third kappa shape index (κ3) is 3.46. The Kier molecular flexibility index (Phi) is 5.09. The second kappa shape index (κ2) is 7.25. The van der Waals surface area contributed by atoms with Gasteiger partial charge in [0.15, 0.2) is 11.2 Å². The summed E-state index contributed by atoms with van der Waals surface area (Å²) >= 11 is 0. The van der Waals surface area contributed by atoms with Gasteiger partial charge in [0.1, 0.15) is 0 Å². The van der Waals surface area contributed by atoms with Crippen LogP contribution in [0.3, 0.4) is 0 Å². The molecule has 0 spiro atoms. The maximum atomic E-state index is 11.9. The summed E-state index contributed by atoms with van der Waals surface area (Å²) in [5, 5.41) is 9.39. The summed E-state index contributed by atoms with van der Waals surface area (Å²) in [6, 6.07) is 3.79. The van der Waals surface area contributed by atoms with Gasteiger partial charge in [0.05, 0.1) is 6.61 Å². The topological polar surface area (TPSA) is 74.7 Å². The van der Waals surface area contributed by atoms with E-state index in [-0.39, 0.29) is 18.4 Å². The van der Waals surface area contributed by atoms with Gasteiger partial charge in [-0.05, 0) is 18.6 Å². The second-order valence-corrected chi connectivity index (χ2v) is 5.97. The molecular weight excluding hydrogens is 296 g/mol. The normalized spacial score (nSPS) is 18.5. The van der Waals surface area contributed by atoms with Crippen LogP contribution in [-0.4, -0.2) is 69.8 Å². The van der Waals surface area contributed by atoms with Crippen molar-refractivity contribution < 1.29 is 9.52 Å². The number of aromatic nitrogens is 2. The van der Waals surface area contributed by atoms with E-state index < -0.39 is 0 Å². The van der Waals surface area contributed by atoms with Crippen LogP contribution in [0.15, 0.2) is 27.5 Å². The Bertz CT molecular complexity index is 684. The van der Waals surface area contributed by atoms with Gasteiger partial charge in [-0.25, -0.2) is 9.78 Å². The van der Waals surface area contributed by atoms with Gasteiger partial charge in [0.2, 0.25) is 0 Å². The molecule has 3 rings (SSSR count). The molecule has 0 radical (unpaired) electrons. The lowest BCUT2D eigenvalue weighted by molar-refractivity contribution is 0.0623. The second-order valence-electron chi connectivity index (χ2n) is 5.97. The Labute approximate surface area is 135 Å². The number of hydrogen-bond acceptors (Lipinski definition) is 6. The summed E-state index contributed by atoms with van der Waals surface area (Å²) < 4.78 is 6.81. The Morgan fingerprint density at radius 2 is 2.09 bits per heavy atom. The average Bonchev–Trinajstić information content (AvgIpc) is 2.90. The molecule has 7 heteroatoms. The van der Waals surface area contributed by atoms with E-state index in [0.717, 1.165) is 39.1 Å². The van der Waals surface area contributed by atoms with Crippen molar-refractivity contribution in [2.24, 2.45) is 0 Å². The minimum atomic E-state index is -0.344. The molecule has 7 nitrogen and oxygen atoms in total. The maximum Gasteiger partial charge on any atom is 0.421 e. The highest BCUT2D eigenvalue weighted by Gasteiger charge is 2.22. The molecule has 1 unspecified atom stereocenters. The summed E-state index contributed by atoms with van der Waals surface area (Å²) in [4.78, 5) is 20.9. The Hall–Kier alpha value is -1.70. The monoisotopic (exact) mass is 320 g/mol. The molecule has 1 saturated heterocycles. The third-order valence-corrected chi connectivity index (χ3v) is 4.67. The SMILES string of the molecule is CCC(CO)N1CCN(CCn2c(=O)oc3cccnc32)CC1. The molecule has 0 bridgehead atoms. The van der Waals surface area contributed by atoms with Gasteiger partial charge in [-0.2, -0.15) is 0 Å². The van der Waals surface area contributed by atoms with Crippen molar-refractivity contribution in [3.05, 3.63) is 28.9 Å². The molecule has 0 aromatic carbocycles. The van der Waals surface area contributed by atoms with Crippen molar-refractivity contribution >= 4 is 11.2 Å². The molecule has 1 aliphatic rings. The molecule has 1 N–H and O–H groups in total. The number of rotatable bonds is 6. The first-order valence-corrected chi connectivity index (χ1v) is 8.24. The van der Waals surface area contributed by atoms with Gasteiger partial charge in [-0.1, -0.05) is 6.92 Å². The third-order valence-electron chi connectivity index (χ3n) is 4.67. The van der Waals surface area contributed by atoms with Crippen LogP contribution in [0.5, 0.6) is 0 Å². The molecule has 0 aliphatic carbocycles. The van der Waals surface area contributed by atoms with Crippen molar-refractivity contribution in [2.45, 2.75) is 25.9 Å². The predicted molar refractivity (Wildman–Crippen MR) is 87.4 cm³/mol. The lowest BCUT2D eigenvalue weighted by atomic mass is 10.1. The number of oxazole rings is 1. The zero-order chi connectivity index (χ0) is 16.2. The zero-order valence-corrected chi connectivity index (χ0v) is 13.5. The maximum absolute atomic E-state index is 11.9. The summed E-state index contributed by atoms with van der Waals surface area (Å²) in [6.07, 6.45) is 2.64. The van der Waals surface area contributed by atoms with E-state index >= 15 is 0 Å². The summed E-state index contributed by atoms with van der Waals surface area (Å²) in [7, 11) is 0. The van der Waals surface area contributed by atoms with Gasteiger partial charge >= 0.3 is 5.76 Å². The van der Waals surface area contributed by atoms with E-state index in [1.54, 1.807) is 22.9 Å². The Balaban J connectivity index is 1.57. The van der Waals surface area contributed by atoms with E-state index in [2.05, 4.69) is 21.7 Å². The molecule has 1 atom stereocenters. The highest BCUT2D eigenvalue weighted by atomic mass is 16.4. The summed E-state index contributed by atoms with van der Waals surface area (Å²) in [5.74, 6) is -0.344. The van der Waals surface area contributed by atoms with E-state index in [9.17, 15) is 9.90 Å². The first-order valence-electron chi connectivity index (χ1n) is 8.24. The number of pyridine rings is 1. The molecule has 126 valence electrons. The van der Waals surface area contributed by atoms with Gasteiger partial charge < -0.3 is 9.52 Å². The zero-order valence-electron chi connectivity index (χ0n) is 13.5. The van der Waals surface area contributed by atoms with Gasteiger partial charge in [-0.3, -0.25) is 14.4 Å². The van der Waals surface area contributed by atoms with Gasteiger partial charge in [0, 0.05) is 51.5 Å². The van der Waals surface area contributed by atoms with Crippen LogP contribution >= 0.6 is 0 Å². The Morgan fingerprint density at radius 3 is 2.78 bits per heavy atom. The van der Waals surface area contributed by atoms with Crippen LogP contribution in [0.4, 0.5) is 0 Å². The van der Waals surface area contributed by atoms with Crippen LogP contribution in [0.1, 0.15) is 13.3 Å². The number of nitrogens with zero attached hydrogens (tertiary/aromatic N) is 4. The van der Waals surface area contributed by atoms with Crippen LogP contribution in [-0.2, 0) is 6.54 Å². The molecule has 23 heavy (non-hydrogen) atoms. The number of aliphatic hydroxyl groups is 1. The van der Waals surface area contributed by atoms with Gasteiger partial charge in [-0.15, -0.1) is 0 Å². The first-order chi connectivity index (χ1) is 11.2. The smallest absolute Gasteiger partial charge is 0.406 e. The van der Waals surface area contributed by atoms with Crippen LogP contribution < -0.4 is 5.76 Å². The average molecular weight is 320 g/mol. The van der Waals surface area contributed by atoms with Crippen molar-refractivity contribution in [1.29, 1.82) is 0 Å². The summed E-state index contributed by atoms with van der Waals surface area (Å²) in [5.41, 5.74) is 1.15. The number of piperazine rings is 1. The molecular formula is C16H24N4O3. The van der Waals surface area contributed by atoms with Crippen LogP contribution in [0, 0.1) is 0 Å². The predicted octanol–water partition coefficient (Wildman–Crippen LogP) is 0.378. The first kappa shape index (κ1) is 16.2. The number of aliphatic hydroxyl groups excluding tert-OH is 1. The van der Waals surface area contributed by atoms with E-state index in [0.29, 0.717) is 17.8 Å². The van der Waals surface area contributed by atoms with Crippen LogP contribution in [0.25, 0.3) is 11.2 Å². The molecule has 3 heterocycles. The minimum Gasteiger partial charge on any atom is -0.406 e. The Morgan fingerprint density at radius 1 is 1.30 bits per heavy atom. The lowest BCUT2D eigenvalue weighted by Gasteiger charge is -2.38. The van der Waals surface area contributed by atoms with Crippen LogP contribution in [0.2, 0.25) is 0 Å². The quantitative estimate of drug-likeness (QED) is 0.829. The standard InChI is InChI=1S/C16H24N4O3/c1-2-13(12-21)19-9-6-18(7-10-19)8-11-20-15-14(23-16(20)22)4-3-5-17-15/h3-5,13,21H,2,6-12H2,1H3. The summed E-state index contributed by atoms with van der Waals surface area (Å²) in [6.45, 7) is 7.53. The van der Waals surface area contributed by atoms with Gasteiger partial charge in [0.25, 0.3) is 0 Å². The van der Waals surface area contributed by atoms with Crippen molar-refractivity contribution in [2.75, 3.05) is 39.3 Å². The lowest BCUT2D eigenvalue weighted by Crippen LogP contribution is -2.51. The fourth-order valence-electron chi connectivity index (χ4n) is 3.19. The van der Waals surface area contributed by atoms with Crippen molar-refractivity contribution in [3.8, 4) is 0 Å². The largest absolute Gasteiger partial charge is 0.421 e. The number of fused-ring (bicyclic) bond motifs is 1. The molecule has 0 saturated carbocycles. The fourth-order valence-corrected chi connectivity index (χ4v) is 3.19. The highest BCUT2D eigenvalue weighted by molar-refractivity contribution is 5.67. The highest BCUT2D eigenvalue weighted by Crippen LogP contribution is 2.11. The van der Waals surface area contributed by atoms with E-state index in [1.165, 1.54) is 0 Å². The number of hydrogen-bond donors (Lipinski definition) is 1. The van der Waals surface area contributed by atoms with Crippen molar-refractivity contribution in [1.82, 2.24) is 19.4 Å². The molecule has 1 fully saturated rings. The van der Waals surface area contributed by atoms with E-state index in [1.807, 2.05) is 0 Å². The van der Waals surface area contributed by atoms with E-state index in [4.69, 9.17) is 4.42 Å². The molecule has 2 aromatic rings. The fraction of sp³-hybridized carbons (Fsp3) is 0.625. The minimum absolute atomic E-state index is 0.221. The van der Waals surface area contributed by atoms with Crippen molar-refractivity contribution in [3.63, 3.8) is 0 Å². The molecule has 2 aromatic heterocycles. The molecule has 1 aliphatic heterocycles. The molecule has 0 amide bonds.